The molecule has 1 fully saturated rings. The minimum atomic E-state index is -0.505. The van der Waals surface area contributed by atoms with Gasteiger partial charge in [0.25, 0.3) is 17.5 Å². The molecular formula is C23H23N3O6. The van der Waals surface area contributed by atoms with E-state index < -0.39 is 16.7 Å². The number of benzene rings is 2. The summed E-state index contributed by atoms with van der Waals surface area (Å²) in [5.41, 5.74) is 1.20. The topological polar surface area (TPSA) is 102 Å². The third-order valence-corrected chi connectivity index (χ3v) is 5.22. The van der Waals surface area contributed by atoms with Crippen LogP contribution in [-0.4, -0.2) is 54.0 Å². The van der Waals surface area contributed by atoms with Gasteiger partial charge in [0.2, 0.25) is 0 Å². The first-order valence-corrected chi connectivity index (χ1v) is 10.3. The number of morpholine rings is 1. The number of carbonyl (C=O) groups is 2. The molecule has 32 heavy (non-hydrogen) atoms. The van der Waals surface area contributed by atoms with E-state index in [0.717, 1.165) is 4.90 Å². The lowest BCUT2D eigenvalue weighted by Crippen LogP contribution is -2.40. The number of nitro groups is 1. The van der Waals surface area contributed by atoms with E-state index in [2.05, 4.69) is 0 Å². The van der Waals surface area contributed by atoms with E-state index in [4.69, 9.17) is 9.47 Å². The molecule has 0 aromatic heterocycles. The Kier molecular flexibility index (Phi) is 5.91. The molecule has 0 atom stereocenters. The van der Waals surface area contributed by atoms with Crippen LogP contribution in [0.1, 0.15) is 19.4 Å². The zero-order valence-corrected chi connectivity index (χ0v) is 17.8. The van der Waals surface area contributed by atoms with E-state index in [9.17, 15) is 19.7 Å². The van der Waals surface area contributed by atoms with Crippen LogP contribution < -0.4 is 9.64 Å². The number of imide groups is 1. The molecule has 0 aliphatic carbocycles. The van der Waals surface area contributed by atoms with Gasteiger partial charge in [-0.15, -0.1) is 0 Å². The molecule has 0 radical (unpaired) electrons. The van der Waals surface area contributed by atoms with E-state index >= 15 is 0 Å². The van der Waals surface area contributed by atoms with Crippen molar-refractivity contribution in [3.63, 3.8) is 0 Å². The van der Waals surface area contributed by atoms with Crippen molar-refractivity contribution in [2.75, 3.05) is 31.2 Å². The smallest absolute Gasteiger partial charge is 0.282 e. The first-order valence-electron chi connectivity index (χ1n) is 10.3. The predicted molar refractivity (Wildman–Crippen MR) is 117 cm³/mol. The van der Waals surface area contributed by atoms with E-state index in [0.29, 0.717) is 43.3 Å². The molecule has 9 heteroatoms. The SMILES string of the molecule is CC(C)Oc1ccccc1N1C(=O)C(c2ccc([N+](=O)[O-])cc2)=C(N2CCOCC2)C1=O. The molecule has 0 N–H and O–H groups in total. The summed E-state index contributed by atoms with van der Waals surface area (Å²) >= 11 is 0. The fourth-order valence-electron chi connectivity index (χ4n) is 3.82. The van der Waals surface area contributed by atoms with Crippen LogP contribution in [0.15, 0.2) is 54.2 Å². The Balaban J connectivity index is 1.81. The number of anilines is 1. The van der Waals surface area contributed by atoms with Crippen molar-refractivity contribution in [1.29, 1.82) is 0 Å². The van der Waals surface area contributed by atoms with Crippen LogP contribution in [0.5, 0.6) is 5.75 Å². The Bertz CT molecular complexity index is 1090. The molecule has 166 valence electrons. The Hall–Kier alpha value is -3.72. The average Bonchev–Trinajstić information content (AvgIpc) is 3.04. The van der Waals surface area contributed by atoms with Crippen LogP contribution in [0.25, 0.3) is 5.57 Å². The van der Waals surface area contributed by atoms with Gasteiger partial charge in [0.1, 0.15) is 11.4 Å². The highest BCUT2D eigenvalue weighted by Gasteiger charge is 2.43. The molecule has 2 aromatic rings. The van der Waals surface area contributed by atoms with Gasteiger partial charge in [-0.1, -0.05) is 12.1 Å². The van der Waals surface area contributed by atoms with Crippen molar-refractivity contribution < 1.29 is 24.0 Å². The second-order valence-electron chi connectivity index (χ2n) is 7.71. The van der Waals surface area contributed by atoms with Gasteiger partial charge in [0.05, 0.1) is 35.5 Å². The van der Waals surface area contributed by atoms with Gasteiger partial charge in [-0.05, 0) is 43.7 Å². The number of ether oxygens (including phenoxy) is 2. The largest absolute Gasteiger partial charge is 0.489 e. The lowest BCUT2D eigenvalue weighted by Gasteiger charge is -2.29. The number of amides is 2. The molecule has 0 spiro atoms. The summed E-state index contributed by atoms with van der Waals surface area (Å²) in [6.07, 6.45) is -0.148. The van der Waals surface area contributed by atoms with E-state index in [1.54, 1.807) is 24.3 Å². The van der Waals surface area contributed by atoms with Crippen molar-refractivity contribution in [1.82, 2.24) is 4.90 Å². The van der Waals surface area contributed by atoms with Crippen LogP contribution in [0.4, 0.5) is 11.4 Å². The monoisotopic (exact) mass is 437 g/mol. The van der Waals surface area contributed by atoms with E-state index in [1.807, 2.05) is 18.7 Å². The van der Waals surface area contributed by atoms with E-state index in [1.165, 1.54) is 24.3 Å². The van der Waals surface area contributed by atoms with Crippen molar-refractivity contribution in [3.05, 3.63) is 69.9 Å². The van der Waals surface area contributed by atoms with Crippen LogP contribution >= 0.6 is 0 Å². The van der Waals surface area contributed by atoms with Gasteiger partial charge in [-0.2, -0.15) is 0 Å². The van der Waals surface area contributed by atoms with Gasteiger partial charge in [-0.25, -0.2) is 4.90 Å². The normalized spacial score (nSPS) is 16.8. The Morgan fingerprint density at radius 1 is 1.00 bits per heavy atom. The summed E-state index contributed by atoms with van der Waals surface area (Å²) < 4.78 is 11.3. The quantitative estimate of drug-likeness (QED) is 0.389. The lowest BCUT2D eigenvalue weighted by atomic mass is 10.0. The highest BCUT2D eigenvalue weighted by atomic mass is 16.6. The summed E-state index contributed by atoms with van der Waals surface area (Å²) in [5, 5.41) is 11.1. The van der Waals surface area contributed by atoms with Crippen molar-refractivity contribution in [2.24, 2.45) is 0 Å². The van der Waals surface area contributed by atoms with Crippen LogP contribution in [0.3, 0.4) is 0 Å². The summed E-state index contributed by atoms with van der Waals surface area (Å²) in [7, 11) is 0. The molecular weight excluding hydrogens is 414 g/mol. The van der Waals surface area contributed by atoms with Crippen LogP contribution in [0.2, 0.25) is 0 Å². The van der Waals surface area contributed by atoms with Crippen LogP contribution in [-0.2, 0) is 14.3 Å². The van der Waals surface area contributed by atoms with Crippen molar-refractivity contribution in [3.8, 4) is 5.75 Å². The molecule has 2 aromatic carbocycles. The number of hydrogen-bond donors (Lipinski definition) is 0. The average molecular weight is 437 g/mol. The first-order chi connectivity index (χ1) is 15.4. The number of rotatable bonds is 6. The molecule has 2 aliphatic rings. The highest BCUT2D eigenvalue weighted by molar-refractivity contribution is 6.45. The minimum absolute atomic E-state index is 0.0911. The maximum atomic E-state index is 13.6. The molecule has 0 unspecified atom stereocenters. The summed E-state index contributed by atoms with van der Waals surface area (Å²) in [6, 6.07) is 12.6. The van der Waals surface area contributed by atoms with Gasteiger partial charge in [0.15, 0.2) is 0 Å². The Morgan fingerprint density at radius 2 is 1.66 bits per heavy atom. The molecule has 2 aliphatic heterocycles. The molecule has 1 saturated heterocycles. The molecule has 0 saturated carbocycles. The third-order valence-electron chi connectivity index (χ3n) is 5.22. The van der Waals surface area contributed by atoms with Gasteiger partial charge >= 0.3 is 0 Å². The molecule has 0 bridgehead atoms. The Morgan fingerprint density at radius 3 is 2.28 bits per heavy atom. The minimum Gasteiger partial charge on any atom is -0.489 e. The second kappa shape index (κ2) is 8.80. The second-order valence-corrected chi connectivity index (χ2v) is 7.71. The van der Waals surface area contributed by atoms with Crippen molar-refractivity contribution in [2.45, 2.75) is 20.0 Å². The first kappa shape index (κ1) is 21.5. The summed E-state index contributed by atoms with van der Waals surface area (Å²) in [4.78, 5) is 40.8. The lowest BCUT2D eigenvalue weighted by molar-refractivity contribution is -0.384. The standard InChI is InChI=1S/C23H23N3O6/c1-15(2)32-19-6-4-3-5-18(19)25-22(27)20(16-7-9-17(10-8-16)26(29)30)21(23(25)28)24-11-13-31-14-12-24/h3-10,15H,11-14H2,1-2H3. The number of non-ortho nitro benzene ring substituents is 1. The zero-order valence-electron chi connectivity index (χ0n) is 17.8. The zero-order chi connectivity index (χ0) is 22.8. The molecule has 2 heterocycles. The van der Waals surface area contributed by atoms with Gasteiger partial charge in [0, 0.05) is 25.2 Å². The summed E-state index contributed by atoms with van der Waals surface area (Å²) in [6.45, 7) is 5.52. The molecule has 9 nitrogen and oxygen atoms in total. The fourth-order valence-corrected chi connectivity index (χ4v) is 3.82. The van der Waals surface area contributed by atoms with E-state index in [-0.39, 0.29) is 23.1 Å². The number of nitro benzene ring substituents is 1. The number of hydrogen-bond acceptors (Lipinski definition) is 7. The fraction of sp³-hybridized carbons (Fsp3) is 0.304. The maximum absolute atomic E-state index is 13.6. The van der Waals surface area contributed by atoms with Crippen LogP contribution in [0, 0.1) is 10.1 Å². The third kappa shape index (κ3) is 3.94. The number of nitrogens with zero attached hydrogens (tertiary/aromatic N) is 3. The number of para-hydroxylation sites is 2. The predicted octanol–water partition coefficient (Wildman–Crippen LogP) is 3.00. The maximum Gasteiger partial charge on any atom is 0.282 e. The van der Waals surface area contributed by atoms with Crippen molar-refractivity contribution >= 4 is 28.8 Å². The molecule has 2 amide bonds. The molecule has 4 rings (SSSR count). The van der Waals surface area contributed by atoms with Gasteiger partial charge in [-0.3, -0.25) is 19.7 Å². The number of carbonyl (C=O) groups excluding carboxylic acids is 2. The highest BCUT2D eigenvalue weighted by Crippen LogP contribution is 2.39. The summed E-state index contributed by atoms with van der Waals surface area (Å²) in [5.74, 6) is -0.523. The Labute approximate surface area is 185 Å². The van der Waals surface area contributed by atoms with Gasteiger partial charge < -0.3 is 14.4 Å².